The van der Waals surface area contributed by atoms with Crippen LogP contribution in [0.2, 0.25) is 0 Å². The fourth-order valence-corrected chi connectivity index (χ4v) is 8.38. The molecule has 0 saturated carbocycles. The van der Waals surface area contributed by atoms with E-state index in [0.717, 1.165) is 0 Å². The number of fused-ring (bicyclic) bond motifs is 5. The van der Waals surface area contributed by atoms with Gasteiger partial charge in [-0.25, -0.2) is 34.5 Å². The van der Waals surface area contributed by atoms with Crippen molar-refractivity contribution in [2.75, 3.05) is 24.7 Å². The monoisotopic (exact) mass is 704 g/mol. The number of aliphatic hydroxyl groups excluding tert-OH is 2. The van der Waals surface area contributed by atoms with Gasteiger partial charge in [0.1, 0.15) is 54.2 Å². The zero-order chi connectivity index (χ0) is 31.7. The molecule has 7 heterocycles. The average molecular weight is 705 g/mol. The molecule has 3 aliphatic rings. The number of hydrogen-bond acceptors (Lipinski definition) is 18. The Morgan fingerprint density at radius 3 is 2.09 bits per heavy atom. The van der Waals surface area contributed by atoms with Crippen LogP contribution in [0.4, 0.5) is 11.6 Å². The summed E-state index contributed by atoms with van der Waals surface area (Å²) in [7, 11) is 0. The molecular formula is C21H26N10O10P2S2. The van der Waals surface area contributed by atoms with E-state index >= 15 is 0 Å². The van der Waals surface area contributed by atoms with Gasteiger partial charge in [0.25, 0.3) is 0 Å². The van der Waals surface area contributed by atoms with Crippen LogP contribution in [0.15, 0.2) is 25.3 Å². The van der Waals surface area contributed by atoms with Crippen LogP contribution in [0.25, 0.3) is 22.3 Å². The largest absolute Gasteiger partial charge is 0.387 e. The third-order valence-electron chi connectivity index (χ3n) is 7.51. The molecule has 0 amide bonds. The first-order valence-corrected chi connectivity index (χ1v) is 18.6. The number of nitrogen functional groups attached to an aromatic ring is 2. The molecule has 24 heteroatoms. The Bertz CT molecular complexity index is 1850. The molecule has 45 heavy (non-hydrogen) atoms. The Kier molecular flexibility index (Phi) is 8.09. The number of thiol groups is 1. The zero-order valence-electron chi connectivity index (χ0n) is 22.7. The first-order chi connectivity index (χ1) is 21.4. The third-order valence-corrected chi connectivity index (χ3v) is 10.7. The number of rotatable bonds is 2. The Hall–Kier alpha value is -2.43. The van der Waals surface area contributed by atoms with Crippen molar-refractivity contribution in [2.45, 2.75) is 55.5 Å². The smallest absolute Gasteiger partial charge is 0.386 e. The first kappa shape index (κ1) is 31.2. The maximum atomic E-state index is 13.5. The van der Waals surface area contributed by atoms with Gasteiger partial charge in [0, 0.05) is 6.42 Å². The molecule has 3 fully saturated rings. The molecule has 2 bridgehead atoms. The normalized spacial score (nSPS) is 38.0. The number of hydrogen-bond donors (Lipinski definition) is 6. The fraction of sp³-hybridized carbons (Fsp3) is 0.524. The molecule has 2 unspecified atom stereocenters. The topological polar surface area (TPSA) is 272 Å². The third kappa shape index (κ3) is 5.73. The molecule has 7 rings (SSSR count). The molecule has 0 radical (unpaired) electrons. The highest BCUT2D eigenvalue weighted by Crippen LogP contribution is 2.58. The second-order valence-electron chi connectivity index (χ2n) is 10.3. The Morgan fingerprint density at radius 2 is 1.44 bits per heavy atom. The molecule has 4 aromatic heterocycles. The lowest BCUT2D eigenvalue weighted by Crippen LogP contribution is -2.37. The summed E-state index contributed by atoms with van der Waals surface area (Å²) in [5.74, 6) is 0.226. The van der Waals surface area contributed by atoms with Gasteiger partial charge in [0.15, 0.2) is 35.4 Å². The van der Waals surface area contributed by atoms with E-state index in [-0.39, 0.29) is 47.0 Å². The Balaban J connectivity index is 1.17. The van der Waals surface area contributed by atoms with Crippen molar-refractivity contribution in [1.29, 1.82) is 0 Å². The molecule has 4 aromatic rings. The summed E-state index contributed by atoms with van der Waals surface area (Å²) in [5, 5.41) is 22.5. The van der Waals surface area contributed by atoms with Gasteiger partial charge in [-0.2, -0.15) is 0 Å². The molecule has 3 aliphatic heterocycles. The first-order valence-electron chi connectivity index (χ1n) is 13.3. The molecule has 0 aliphatic carbocycles. The maximum absolute atomic E-state index is 13.5. The second kappa shape index (κ2) is 11.7. The van der Waals surface area contributed by atoms with E-state index < -0.39 is 69.2 Å². The van der Waals surface area contributed by atoms with Crippen LogP contribution in [0, 0.1) is 0 Å². The van der Waals surface area contributed by atoms with E-state index in [0.29, 0.717) is 0 Å². The molecular weight excluding hydrogens is 678 g/mol. The van der Waals surface area contributed by atoms with E-state index in [1.54, 1.807) is 0 Å². The zero-order valence-corrected chi connectivity index (χ0v) is 26.2. The van der Waals surface area contributed by atoms with Crippen molar-refractivity contribution in [3.8, 4) is 0 Å². The summed E-state index contributed by atoms with van der Waals surface area (Å²) in [6.07, 6.45) is -4.87. The predicted octanol–water partition coefficient (Wildman–Crippen LogP) is -0.191. The van der Waals surface area contributed by atoms with Crippen molar-refractivity contribution in [2.24, 2.45) is 0 Å². The summed E-state index contributed by atoms with van der Waals surface area (Å²) in [4.78, 5) is 35.6. The van der Waals surface area contributed by atoms with E-state index in [9.17, 15) is 19.7 Å². The number of aromatic nitrogens is 8. The minimum atomic E-state index is -4.25. The molecule has 3 saturated heterocycles. The number of anilines is 2. The average Bonchev–Trinajstić information content (AvgIpc) is 3.74. The second-order valence-corrected chi connectivity index (χ2v) is 15.9. The van der Waals surface area contributed by atoms with Crippen molar-refractivity contribution in [3.63, 3.8) is 0 Å². The maximum Gasteiger partial charge on any atom is 0.386 e. The number of imidazole rings is 2. The molecule has 7 N–H and O–H groups in total. The van der Waals surface area contributed by atoms with Crippen LogP contribution in [-0.4, -0.2) is 104 Å². The lowest BCUT2D eigenvalue weighted by Gasteiger charge is -2.27. The van der Waals surface area contributed by atoms with Crippen LogP contribution in [0.1, 0.15) is 18.9 Å². The predicted molar refractivity (Wildman–Crippen MR) is 159 cm³/mol. The minimum absolute atomic E-state index is 0.0316. The van der Waals surface area contributed by atoms with Crippen LogP contribution in [0.3, 0.4) is 0 Å². The van der Waals surface area contributed by atoms with Gasteiger partial charge >= 0.3 is 13.5 Å². The van der Waals surface area contributed by atoms with Gasteiger partial charge in [-0.1, -0.05) is 12.2 Å². The lowest BCUT2D eigenvalue weighted by molar-refractivity contribution is -0.0487. The van der Waals surface area contributed by atoms with Gasteiger partial charge in [-0.3, -0.25) is 22.7 Å². The van der Waals surface area contributed by atoms with Gasteiger partial charge in [0.05, 0.1) is 32.0 Å². The Labute approximate surface area is 262 Å². The van der Waals surface area contributed by atoms with Crippen molar-refractivity contribution in [3.05, 3.63) is 25.3 Å². The fourth-order valence-electron chi connectivity index (χ4n) is 5.44. The lowest BCUT2D eigenvalue weighted by atomic mass is 10.1. The van der Waals surface area contributed by atoms with Gasteiger partial charge in [-0.15, -0.1) is 0 Å². The highest BCUT2D eigenvalue weighted by Gasteiger charge is 2.52. The van der Waals surface area contributed by atoms with Crippen molar-refractivity contribution >= 4 is 71.5 Å². The summed E-state index contributed by atoms with van der Waals surface area (Å²) in [6.45, 7) is -9.07. The molecule has 0 spiro atoms. The number of ether oxygens (including phenoxy) is 2. The highest BCUT2D eigenvalue weighted by molar-refractivity contribution is 8.44. The van der Waals surface area contributed by atoms with Gasteiger partial charge in [-0.05, 0) is 11.8 Å². The molecule has 10 atom stereocenters. The van der Waals surface area contributed by atoms with Gasteiger partial charge < -0.3 is 40.6 Å². The quantitative estimate of drug-likeness (QED) is 0.117. The standard InChI is InChI=1S/C21H26N10O10P2S2/c22-16-10-18(26-4-24-16)30(6-28-10)20-13(33)14-8(38-20)1-2-36-42(34,44)41-15-12(32)9(3-37-43(35,45)40-14)39-21(15)31-7-29-11-17(23)25-5-27-19(11)31/h4-9,12-15,20-21,32-33H,1-3H2,(H,34,44)(H,35,45)(H2,22,24,26)(H2,23,25,27)/t8-,9-,12-,13-,14-,15-,20-,21-,42?,43?/m1/s1. The number of nitrogens with zero attached hydrogens (tertiary/aromatic N) is 8. The Morgan fingerprint density at radius 1 is 0.844 bits per heavy atom. The number of nitrogens with two attached hydrogens (primary N) is 2. The van der Waals surface area contributed by atoms with Crippen LogP contribution in [0.5, 0.6) is 0 Å². The van der Waals surface area contributed by atoms with Crippen molar-refractivity contribution < 1.29 is 47.2 Å². The SMILES string of the molecule is Nc1ncnc2c1ncn2[C@@H]1O[C@@H]2CCOP(O)(=S)O[C@@H]3[C@H](O)[C@@H](COP(=O)(S)O[C@H]2[C@H]1O)O[C@H]3n1cnc2c(N)ncnc21. The summed E-state index contributed by atoms with van der Waals surface area (Å²) in [6, 6.07) is 0. The minimum Gasteiger partial charge on any atom is -0.387 e. The molecule has 20 nitrogen and oxygen atoms in total. The molecule has 0 aromatic carbocycles. The van der Waals surface area contributed by atoms with Gasteiger partial charge in [0.2, 0.25) is 0 Å². The highest BCUT2D eigenvalue weighted by atomic mass is 32.7. The van der Waals surface area contributed by atoms with Crippen LogP contribution >= 0.6 is 25.8 Å². The summed E-state index contributed by atoms with van der Waals surface area (Å²) in [5.41, 5.74) is 12.9. The van der Waals surface area contributed by atoms with Crippen LogP contribution < -0.4 is 11.5 Å². The van der Waals surface area contributed by atoms with E-state index in [1.807, 2.05) is 0 Å². The van der Waals surface area contributed by atoms with E-state index in [1.165, 1.54) is 34.4 Å². The number of aliphatic hydroxyl groups is 2. The van der Waals surface area contributed by atoms with Crippen molar-refractivity contribution in [1.82, 2.24) is 39.0 Å². The molecule has 242 valence electrons. The van der Waals surface area contributed by atoms with E-state index in [4.69, 9.17) is 50.8 Å². The van der Waals surface area contributed by atoms with E-state index in [2.05, 4.69) is 42.2 Å². The van der Waals surface area contributed by atoms with Crippen LogP contribution in [-0.2, 0) is 43.9 Å². The summed E-state index contributed by atoms with van der Waals surface area (Å²) < 4.78 is 51.0. The summed E-state index contributed by atoms with van der Waals surface area (Å²) >= 11 is 9.38.